The summed E-state index contributed by atoms with van der Waals surface area (Å²) < 4.78 is 13.2. The van der Waals surface area contributed by atoms with Gasteiger partial charge in [0, 0.05) is 5.54 Å². The van der Waals surface area contributed by atoms with Gasteiger partial charge in [-0.15, -0.1) is 0 Å². The molecule has 1 saturated heterocycles. The fourth-order valence-corrected chi connectivity index (χ4v) is 2.50. The largest absolute Gasteiger partial charge is 0.301 e. The first kappa shape index (κ1) is 10.9. The Kier molecular flexibility index (Phi) is 2.49. The van der Waals surface area contributed by atoms with Gasteiger partial charge in [0.2, 0.25) is 0 Å². The number of hydrogen-bond donors (Lipinski definition) is 1. The maximum atomic E-state index is 13.2. The molecule has 1 aliphatic heterocycles. The van der Waals surface area contributed by atoms with Crippen LogP contribution >= 0.6 is 0 Å². The van der Waals surface area contributed by atoms with Gasteiger partial charge in [0.15, 0.2) is 0 Å². The molecule has 2 fully saturated rings. The van der Waals surface area contributed by atoms with Crippen molar-refractivity contribution in [3.05, 3.63) is 0 Å². The highest BCUT2D eigenvalue weighted by Crippen LogP contribution is 2.41. The van der Waals surface area contributed by atoms with E-state index in [1.54, 1.807) is 0 Å². The van der Waals surface area contributed by atoms with E-state index in [2.05, 4.69) is 19.2 Å². The van der Waals surface area contributed by atoms with Gasteiger partial charge in [-0.25, -0.2) is 0 Å². The minimum Gasteiger partial charge on any atom is -0.301 e. The molecule has 1 heterocycles. The smallest absolute Gasteiger partial charge is 0.264 e. The van der Waals surface area contributed by atoms with E-state index in [0.717, 1.165) is 25.7 Å². The average molecular weight is 214 g/mol. The van der Waals surface area contributed by atoms with Crippen LogP contribution in [0.15, 0.2) is 0 Å². The van der Waals surface area contributed by atoms with Crippen molar-refractivity contribution in [2.24, 2.45) is 5.41 Å². The number of halogens is 1. The zero-order valence-corrected chi connectivity index (χ0v) is 9.48. The molecule has 2 aliphatic rings. The first-order valence-electron chi connectivity index (χ1n) is 5.64. The second-order valence-corrected chi connectivity index (χ2v) is 5.71. The summed E-state index contributed by atoms with van der Waals surface area (Å²) in [5.74, 6) is -0.439. The zero-order valence-electron chi connectivity index (χ0n) is 9.48. The van der Waals surface area contributed by atoms with E-state index in [9.17, 15) is 9.28 Å². The first-order chi connectivity index (χ1) is 6.93. The molecule has 0 bridgehead atoms. The SMILES string of the molecule is CC1(C)CCC2(CC1)CN(F)C(=O)CN2. The van der Waals surface area contributed by atoms with Gasteiger partial charge in [0.25, 0.3) is 5.91 Å². The summed E-state index contributed by atoms with van der Waals surface area (Å²) in [4.78, 5) is 11.0. The van der Waals surface area contributed by atoms with E-state index < -0.39 is 5.91 Å². The third kappa shape index (κ3) is 2.14. The predicted molar refractivity (Wildman–Crippen MR) is 55.8 cm³/mol. The van der Waals surface area contributed by atoms with Crippen LogP contribution < -0.4 is 5.32 Å². The lowest BCUT2D eigenvalue weighted by atomic mass is 9.69. The van der Waals surface area contributed by atoms with E-state index in [4.69, 9.17) is 0 Å². The van der Waals surface area contributed by atoms with Crippen LogP contribution in [0, 0.1) is 5.41 Å². The van der Waals surface area contributed by atoms with Crippen LogP contribution in [0.1, 0.15) is 39.5 Å². The maximum Gasteiger partial charge on any atom is 0.264 e. The number of nitrogens with zero attached hydrogens (tertiary/aromatic N) is 1. The minimum absolute atomic E-state index is 0.150. The lowest BCUT2D eigenvalue weighted by Crippen LogP contribution is -2.62. The van der Waals surface area contributed by atoms with Crippen LogP contribution in [-0.2, 0) is 4.79 Å². The molecule has 2 rings (SSSR count). The average Bonchev–Trinajstić information content (AvgIpc) is 2.18. The molecule has 4 heteroatoms. The molecule has 0 unspecified atom stereocenters. The molecule has 1 N–H and O–H groups in total. The topological polar surface area (TPSA) is 32.3 Å². The van der Waals surface area contributed by atoms with Gasteiger partial charge in [0.05, 0.1) is 13.1 Å². The Morgan fingerprint density at radius 3 is 2.40 bits per heavy atom. The number of carbonyl (C=O) groups is 1. The monoisotopic (exact) mass is 214 g/mol. The Morgan fingerprint density at radius 2 is 1.87 bits per heavy atom. The van der Waals surface area contributed by atoms with Crippen LogP contribution in [0.5, 0.6) is 0 Å². The Bertz CT molecular complexity index is 268. The molecule has 0 radical (unpaired) electrons. The lowest BCUT2D eigenvalue weighted by Gasteiger charge is -2.47. The van der Waals surface area contributed by atoms with Crippen molar-refractivity contribution < 1.29 is 9.28 Å². The fourth-order valence-electron chi connectivity index (χ4n) is 2.50. The van der Waals surface area contributed by atoms with Gasteiger partial charge >= 0.3 is 0 Å². The molecule has 0 atom stereocenters. The van der Waals surface area contributed by atoms with Crippen molar-refractivity contribution in [1.82, 2.24) is 10.4 Å². The third-order valence-corrected chi connectivity index (χ3v) is 3.89. The quantitative estimate of drug-likeness (QED) is 0.622. The van der Waals surface area contributed by atoms with Crippen LogP contribution in [-0.4, -0.2) is 29.7 Å². The summed E-state index contributed by atoms with van der Waals surface area (Å²) in [6, 6.07) is 0. The van der Waals surface area contributed by atoms with Crippen molar-refractivity contribution >= 4 is 5.91 Å². The standard InChI is InChI=1S/C11H19FN2O/c1-10(2)3-5-11(6-4-10)8-14(12)9(15)7-13-11/h13H,3-8H2,1-2H3. The van der Waals surface area contributed by atoms with E-state index in [-0.39, 0.29) is 18.6 Å². The highest BCUT2D eigenvalue weighted by Gasteiger charge is 2.43. The molecule has 0 aromatic carbocycles. The molecule has 1 amide bonds. The molecule has 1 aliphatic carbocycles. The normalized spacial score (nSPS) is 29.5. The zero-order chi connectivity index (χ0) is 11.1. The van der Waals surface area contributed by atoms with Gasteiger partial charge in [-0.05, 0) is 31.1 Å². The first-order valence-corrected chi connectivity index (χ1v) is 5.64. The third-order valence-electron chi connectivity index (χ3n) is 3.89. The van der Waals surface area contributed by atoms with Crippen molar-refractivity contribution in [2.75, 3.05) is 13.1 Å². The fraction of sp³-hybridized carbons (Fsp3) is 0.909. The second-order valence-electron chi connectivity index (χ2n) is 5.71. The van der Waals surface area contributed by atoms with Crippen LogP contribution in [0.25, 0.3) is 0 Å². The summed E-state index contributed by atoms with van der Waals surface area (Å²) in [6.07, 6.45) is 4.13. The summed E-state index contributed by atoms with van der Waals surface area (Å²) in [6.45, 7) is 4.88. The van der Waals surface area contributed by atoms with Crippen LogP contribution in [0.3, 0.4) is 0 Å². The Hall–Kier alpha value is -0.640. The molecule has 15 heavy (non-hydrogen) atoms. The van der Waals surface area contributed by atoms with Crippen molar-refractivity contribution in [3.63, 3.8) is 0 Å². The van der Waals surface area contributed by atoms with Crippen LogP contribution in [0.2, 0.25) is 0 Å². The van der Waals surface area contributed by atoms with Gasteiger partial charge in [-0.1, -0.05) is 18.3 Å². The molecule has 86 valence electrons. The molecule has 0 aromatic heterocycles. The minimum atomic E-state index is -0.439. The Morgan fingerprint density at radius 1 is 1.27 bits per heavy atom. The van der Waals surface area contributed by atoms with Crippen molar-refractivity contribution in [3.8, 4) is 0 Å². The number of carbonyl (C=O) groups excluding carboxylic acids is 1. The Labute approximate surface area is 89.9 Å². The van der Waals surface area contributed by atoms with E-state index >= 15 is 0 Å². The highest BCUT2D eigenvalue weighted by molar-refractivity contribution is 5.78. The number of hydrogen-bond acceptors (Lipinski definition) is 2. The molecular weight excluding hydrogens is 195 g/mol. The highest BCUT2D eigenvalue weighted by atomic mass is 19.2. The van der Waals surface area contributed by atoms with E-state index in [1.165, 1.54) is 0 Å². The van der Waals surface area contributed by atoms with Gasteiger partial charge in [-0.2, -0.15) is 5.12 Å². The molecule has 3 nitrogen and oxygen atoms in total. The number of nitrogens with one attached hydrogen (secondary N) is 1. The lowest BCUT2D eigenvalue weighted by molar-refractivity contribution is -0.155. The molecule has 1 saturated carbocycles. The second kappa shape index (κ2) is 3.44. The molecule has 1 spiro atoms. The number of amides is 1. The molecular formula is C11H19FN2O. The summed E-state index contributed by atoms with van der Waals surface area (Å²) >= 11 is 0. The van der Waals surface area contributed by atoms with Crippen molar-refractivity contribution in [1.29, 1.82) is 0 Å². The maximum absolute atomic E-state index is 13.2. The van der Waals surface area contributed by atoms with E-state index in [0.29, 0.717) is 10.5 Å². The summed E-state index contributed by atoms with van der Waals surface area (Å²) in [7, 11) is 0. The van der Waals surface area contributed by atoms with Crippen molar-refractivity contribution in [2.45, 2.75) is 45.1 Å². The number of rotatable bonds is 0. The number of piperazine rings is 1. The summed E-state index contributed by atoms with van der Waals surface area (Å²) in [5, 5.41) is 3.60. The predicted octanol–water partition coefficient (Wildman–Crippen LogP) is 1.64. The van der Waals surface area contributed by atoms with Gasteiger partial charge in [0.1, 0.15) is 0 Å². The Balaban J connectivity index is 2.01. The summed E-state index contributed by atoms with van der Waals surface area (Å²) in [5.41, 5.74) is 0.216. The van der Waals surface area contributed by atoms with Gasteiger partial charge in [-0.3, -0.25) is 4.79 Å². The van der Waals surface area contributed by atoms with Crippen LogP contribution in [0.4, 0.5) is 4.48 Å². The molecule has 0 aromatic rings. The van der Waals surface area contributed by atoms with E-state index in [1.807, 2.05) is 0 Å². The van der Waals surface area contributed by atoms with Gasteiger partial charge < -0.3 is 5.32 Å².